The maximum Gasteiger partial charge on any atom is 0.0725 e. The highest BCUT2D eigenvalue weighted by atomic mass is 14.6. The third kappa shape index (κ3) is 5.18. The van der Waals surface area contributed by atoms with Crippen molar-refractivity contribution in [3.05, 3.63) is 332 Å². The molecule has 6 aliphatic rings. The topological polar surface area (TPSA) is 0 Å². The third-order valence-electron chi connectivity index (χ3n) is 19.7. The zero-order chi connectivity index (χ0) is 52.3. The molecule has 3 spiro atoms. The van der Waals surface area contributed by atoms with Crippen molar-refractivity contribution in [3.8, 4) is 89.0 Å². The van der Waals surface area contributed by atoms with Crippen LogP contribution in [0.4, 0.5) is 0 Å². The lowest BCUT2D eigenvalue weighted by molar-refractivity contribution is 0.792. The van der Waals surface area contributed by atoms with E-state index in [0.29, 0.717) is 0 Å². The van der Waals surface area contributed by atoms with Gasteiger partial charge in [-0.2, -0.15) is 0 Å². The van der Waals surface area contributed by atoms with Crippen LogP contribution in [-0.2, 0) is 16.2 Å². The van der Waals surface area contributed by atoms with E-state index >= 15 is 0 Å². The van der Waals surface area contributed by atoms with E-state index in [1.165, 1.54) is 178 Å². The molecular formula is C79H52. The number of hydrogen-bond acceptors (Lipinski definition) is 0. The Labute approximate surface area is 462 Å². The quantitative estimate of drug-likeness (QED) is 0.162. The SMILES string of the molecule is Cc1ccc2c(c1)-c1cc(C)ccc1C21c2ccccc2-c2ccc(-c3ccc4c(c3)C3(c5ccccc5-4)c4ccccc4-c4ccc(-c5ccc6c(c5)C5(c7ccccc7-6)c6ccc(C)cc6-c6cc(C)ccc65)cc43)cc21. The molecule has 0 amide bonds. The van der Waals surface area contributed by atoms with Crippen LogP contribution in [-0.4, -0.2) is 0 Å². The Morgan fingerprint density at radius 1 is 0.165 bits per heavy atom. The van der Waals surface area contributed by atoms with E-state index in [0.717, 1.165) is 0 Å². The lowest BCUT2D eigenvalue weighted by Crippen LogP contribution is -2.26. The standard InChI is InChI=1S/C79H52/c1-45-21-33-69-61(37-45)62-38-46(2)22-34-70(62)77(69)65-17-9-5-13-53(65)57-29-25-49(41-73(57)77)51-27-31-59-55-15-7-11-19-67(55)79(75(59)43-51)68-20-12-8-16-56(68)60-32-28-52(44-76(60)79)50-26-30-58-54-14-6-10-18-66(54)78(74(58)42-50)71-35-23-47(3)39-63(71)64-40-48(4)24-36-72(64)78/h5-44H,1-4H3. The summed E-state index contributed by atoms with van der Waals surface area (Å²) in [5.41, 5.74) is 41.1. The third-order valence-corrected chi connectivity index (χ3v) is 19.7. The lowest BCUT2D eigenvalue weighted by atomic mass is 9.69. The fourth-order valence-electron chi connectivity index (χ4n) is 16.7. The molecule has 6 aliphatic carbocycles. The molecule has 0 heterocycles. The molecule has 18 rings (SSSR count). The number of fused-ring (bicyclic) bond motifs is 30. The Bertz CT molecular complexity index is 4380. The normalized spacial score (nSPS) is 15.1. The summed E-state index contributed by atoms with van der Waals surface area (Å²) >= 11 is 0. The molecule has 0 aromatic heterocycles. The molecule has 0 N–H and O–H groups in total. The average Bonchev–Trinajstić information content (AvgIpc) is 4.43. The van der Waals surface area contributed by atoms with Gasteiger partial charge in [0.15, 0.2) is 0 Å². The Kier molecular flexibility index (Phi) is 8.31. The van der Waals surface area contributed by atoms with Crippen LogP contribution < -0.4 is 0 Å². The van der Waals surface area contributed by atoms with Crippen LogP contribution in [0.15, 0.2) is 243 Å². The van der Waals surface area contributed by atoms with Crippen LogP contribution in [0.1, 0.15) is 89.0 Å². The van der Waals surface area contributed by atoms with Gasteiger partial charge in [0.05, 0.1) is 16.2 Å². The highest BCUT2D eigenvalue weighted by Gasteiger charge is 2.55. The van der Waals surface area contributed by atoms with Gasteiger partial charge in [-0.25, -0.2) is 0 Å². The number of rotatable bonds is 2. The van der Waals surface area contributed by atoms with Crippen molar-refractivity contribution in [2.45, 2.75) is 43.9 Å². The second-order valence-electron chi connectivity index (χ2n) is 23.7. The predicted octanol–water partition coefficient (Wildman–Crippen LogP) is 19.3. The summed E-state index contributed by atoms with van der Waals surface area (Å²) in [5.74, 6) is 0. The van der Waals surface area contributed by atoms with Crippen molar-refractivity contribution in [2.75, 3.05) is 0 Å². The van der Waals surface area contributed by atoms with E-state index in [4.69, 9.17) is 0 Å². The van der Waals surface area contributed by atoms with Gasteiger partial charge in [-0.3, -0.25) is 0 Å². The Morgan fingerprint density at radius 2 is 0.367 bits per heavy atom. The molecule has 12 aromatic rings. The first-order valence-corrected chi connectivity index (χ1v) is 28.2. The van der Waals surface area contributed by atoms with Gasteiger partial charge in [-0.1, -0.05) is 241 Å². The summed E-state index contributed by atoms with van der Waals surface area (Å²) in [5, 5.41) is 0. The van der Waals surface area contributed by atoms with E-state index in [-0.39, 0.29) is 0 Å². The van der Waals surface area contributed by atoms with E-state index in [2.05, 4.69) is 270 Å². The van der Waals surface area contributed by atoms with E-state index in [1.54, 1.807) is 0 Å². The van der Waals surface area contributed by atoms with E-state index < -0.39 is 16.2 Å². The Morgan fingerprint density at radius 3 is 0.620 bits per heavy atom. The molecular weight excluding hydrogens is 949 g/mol. The van der Waals surface area contributed by atoms with E-state index in [1.807, 2.05) is 0 Å². The summed E-state index contributed by atoms with van der Waals surface area (Å²) in [6.45, 7) is 8.92. The average molecular weight is 1000 g/mol. The summed E-state index contributed by atoms with van der Waals surface area (Å²) in [7, 11) is 0. The van der Waals surface area contributed by atoms with Gasteiger partial charge >= 0.3 is 0 Å². The van der Waals surface area contributed by atoms with Crippen LogP contribution in [0, 0.1) is 27.7 Å². The molecule has 0 saturated carbocycles. The van der Waals surface area contributed by atoms with Crippen LogP contribution in [0.3, 0.4) is 0 Å². The van der Waals surface area contributed by atoms with Crippen LogP contribution in [0.25, 0.3) is 89.0 Å². The molecule has 0 heteroatoms. The van der Waals surface area contributed by atoms with Crippen molar-refractivity contribution in [2.24, 2.45) is 0 Å². The molecule has 79 heavy (non-hydrogen) atoms. The number of hydrogen-bond donors (Lipinski definition) is 0. The maximum atomic E-state index is 2.57. The fourth-order valence-corrected chi connectivity index (χ4v) is 16.7. The van der Waals surface area contributed by atoms with Gasteiger partial charge in [0.1, 0.15) is 0 Å². The molecule has 0 fully saturated rings. The van der Waals surface area contributed by atoms with Gasteiger partial charge < -0.3 is 0 Å². The number of aryl methyl sites for hydroxylation is 4. The van der Waals surface area contributed by atoms with Crippen molar-refractivity contribution < 1.29 is 0 Å². The smallest absolute Gasteiger partial charge is 0.0619 e. The van der Waals surface area contributed by atoms with Gasteiger partial charge in [0.25, 0.3) is 0 Å². The summed E-state index contributed by atoms with van der Waals surface area (Å²) < 4.78 is 0. The van der Waals surface area contributed by atoms with E-state index in [9.17, 15) is 0 Å². The highest BCUT2D eigenvalue weighted by molar-refractivity contribution is 6.01. The zero-order valence-corrected chi connectivity index (χ0v) is 44.6. The molecule has 0 atom stereocenters. The van der Waals surface area contributed by atoms with Crippen LogP contribution in [0.5, 0.6) is 0 Å². The summed E-state index contributed by atoms with van der Waals surface area (Å²) in [6, 6.07) is 95.1. The Hall–Kier alpha value is -9.36. The molecule has 0 bridgehead atoms. The minimum absolute atomic E-state index is 0.426. The van der Waals surface area contributed by atoms with Crippen molar-refractivity contribution >= 4 is 0 Å². The zero-order valence-electron chi connectivity index (χ0n) is 44.6. The van der Waals surface area contributed by atoms with Crippen molar-refractivity contribution in [3.63, 3.8) is 0 Å². The maximum absolute atomic E-state index is 2.57. The van der Waals surface area contributed by atoms with Gasteiger partial charge in [0, 0.05) is 0 Å². The first-order chi connectivity index (χ1) is 38.8. The number of benzene rings is 12. The molecule has 0 nitrogen and oxygen atoms in total. The van der Waals surface area contributed by atoms with Crippen LogP contribution >= 0.6 is 0 Å². The second kappa shape index (κ2) is 15.0. The first-order valence-electron chi connectivity index (χ1n) is 28.2. The monoisotopic (exact) mass is 1000 g/mol. The largest absolute Gasteiger partial charge is 0.0725 e. The fraction of sp³-hybridized carbons (Fsp3) is 0.0886. The molecule has 0 radical (unpaired) electrons. The van der Waals surface area contributed by atoms with Gasteiger partial charge in [0.2, 0.25) is 0 Å². The molecule has 0 unspecified atom stereocenters. The minimum atomic E-state index is -0.537. The Balaban J connectivity index is 0.844. The predicted molar refractivity (Wildman–Crippen MR) is 325 cm³/mol. The molecule has 0 saturated heterocycles. The molecule has 368 valence electrons. The molecule has 0 aliphatic heterocycles. The van der Waals surface area contributed by atoms with Crippen molar-refractivity contribution in [1.29, 1.82) is 0 Å². The highest BCUT2D eigenvalue weighted by Crippen LogP contribution is 2.67. The van der Waals surface area contributed by atoms with Crippen molar-refractivity contribution in [1.82, 2.24) is 0 Å². The summed E-state index contributed by atoms with van der Waals surface area (Å²) in [6.07, 6.45) is 0. The summed E-state index contributed by atoms with van der Waals surface area (Å²) in [4.78, 5) is 0. The molecule has 12 aromatic carbocycles. The first kappa shape index (κ1) is 43.7. The van der Waals surface area contributed by atoms with Crippen LogP contribution in [0.2, 0.25) is 0 Å². The lowest BCUT2D eigenvalue weighted by Gasteiger charge is -2.32. The van der Waals surface area contributed by atoms with Gasteiger partial charge in [-0.15, -0.1) is 0 Å². The minimum Gasteiger partial charge on any atom is -0.0619 e. The second-order valence-corrected chi connectivity index (χ2v) is 23.7. The van der Waals surface area contributed by atoms with Gasteiger partial charge in [-0.05, 0) is 208 Å².